The van der Waals surface area contributed by atoms with Gasteiger partial charge in [0.15, 0.2) is 0 Å². The third-order valence-electron chi connectivity index (χ3n) is 2.94. The quantitative estimate of drug-likeness (QED) is 0.611. The maximum absolute atomic E-state index is 10.9. The summed E-state index contributed by atoms with van der Waals surface area (Å²) in [7, 11) is 0. The Morgan fingerprint density at radius 3 is 3.00 bits per heavy atom. The van der Waals surface area contributed by atoms with Crippen LogP contribution in [-0.4, -0.2) is 22.5 Å². The highest BCUT2D eigenvalue weighted by atomic mass is 16.6. The third-order valence-corrected chi connectivity index (χ3v) is 2.94. The minimum atomic E-state index is -0.963. The average Bonchev–Trinajstić information content (AvgIpc) is 2.49. The van der Waals surface area contributed by atoms with Crippen LogP contribution in [0.2, 0.25) is 0 Å². The largest absolute Gasteiger partial charge is 0.478 e. The topological polar surface area (TPSA) is 66.8 Å². The number of carbonyl (C=O) groups is 1. The predicted octanol–water partition coefficient (Wildman–Crippen LogP) is 0.886. The number of aliphatic hydroxyl groups is 1. The van der Waals surface area contributed by atoms with Gasteiger partial charge in [-0.2, -0.15) is 0 Å². The Morgan fingerprint density at radius 2 is 2.36 bits per heavy atom. The van der Waals surface area contributed by atoms with E-state index in [1.54, 1.807) is 0 Å². The van der Waals surface area contributed by atoms with Crippen molar-refractivity contribution in [2.24, 2.45) is 11.8 Å². The van der Waals surface area contributed by atoms with E-state index < -0.39 is 12.3 Å². The number of allylic oxidation sites excluding steroid dienone is 1. The molecule has 0 aromatic rings. The molecule has 4 nitrogen and oxygen atoms in total. The van der Waals surface area contributed by atoms with Gasteiger partial charge in [0.25, 0.3) is 0 Å². The number of ether oxygens (including phenoxy) is 1. The van der Waals surface area contributed by atoms with Crippen molar-refractivity contribution in [2.75, 3.05) is 0 Å². The molecule has 1 aliphatic heterocycles. The summed E-state index contributed by atoms with van der Waals surface area (Å²) in [5, 5.41) is 18.5. The Kier molecular flexibility index (Phi) is 2.07. The highest BCUT2D eigenvalue weighted by Crippen LogP contribution is 2.41. The van der Waals surface area contributed by atoms with Gasteiger partial charge in [-0.05, 0) is 13.3 Å². The second-order valence-corrected chi connectivity index (χ2v) is 3.72. The van der Waals surface area contributed by atoms with E-state index in [4.69, 9.17) is 9.84 Å². The average molecular weight is 196 g/mol. The molecule has 0 fully saturated rings. The lowest BCUT2D eigenvalue weighted by Crippen LogP contribution is -2.34. The highest BCUT2D eigenvalue weighted by Gasteiger charge is 2.41. The van der Waals surface area contributed by atoms with Crippen molar-refractivity contribution in [3.63, 3.8) is 0 Å². The molecule has 4 heteroatoms. The molecule has 2 N–H and O–H groups in total. The molecule has 1 heterocycles. The van der Waals surface area contributed by atoms with E-state index in [1.165, 1.54) is 6.26 Å². The highest BCUT2D eigenvalue weighted by molar-refractivity contribution is 5.87. The molecule has 2 aliphatic rings. The van der Waals surface area contributed by atoms with Crippen molar-refractivity contribution in [3.8, 4) is 0 Å². The fraction of sp³-hybridized carbons (Fsp3) is 0.500. The lowest BCUT2D eigenvalue weighted by molar-refractivity contribution is -0.138. The Balaban J connectivity index is 2.31. The molecule has 0 amide bonds. The van der Waals surface area contributed by atoms with Crippen molar-refractivity contribution in [1.29, 1.82) is 0 Å². The van der Waals surface area contributed by atoms with Crippen LogP contribution in [0.15, 0.2) is 23.5 Å². The van der Waals surface area contributed by atoms with E-state index in [0.717, 1.165) is 5.57 Å². The molecule has 0 saturated heterocycles. The van der Waals surface area contributed by atoms with E-state index in [2.05, 4.69) is 0 Å². The molecule has 0 saturated carbocycles. The van der Waals surface area contributed by atoms with Crippen molar-refractivity contribution < 1.29 is 19.7 Å². The minimum Gasteiger partial charge on any atom is -0.478 e. The molecular weight excluding hydrogens is 184 g/mol. The molecular formula is C10H12O4. The van der Waals surface area contributed by atoms with Gasteiger partial charge < -0.3 is 14.9 Å². The molecule has 3 unspecified atom stereocenters. The first-order valence-electron chi connectivity index (χ1n) is 4.55. The number of rotatable bonds is 1. The van der Waals surface area contributed by atoms with Gasteiger partial charge in [0, 0.05) is 11.8 Å². The molecule has 14 heavy (non-hydrogen) atoms. The zero-order chi connectivity index (χ0) is 10.3. The van der Waals surface area contributed by atoms with E-state index >= 15 is 0 Å². The molecule has 0 radical (unpaired) electrons. The first kappa shape index (κ1) is 9.27. The maximum atomic E-state index is 10.9. The number of carboxylic acids is 1. The van der Waals surface area contributed by atoms with Crippen LogP contribution in [0.3, 0.4) is 0 Å². The summed E-state index contributed by atoms with van der Waals surface area (Å²) in [6.45, 7) is 1.89. The van der Waals surface area contributed by atoms with E-state index in [1.807, 2.05) is 13.0 Å². The Bertz CT molecular complexity index is 329. The number of fused-ring (bicyclic) bond motifs is 1. The molecule has 0 aromatic carbocycles. The summed E-state index contributed by atoms with van der Waals surface area (Å²) in [4.78, 5) is 10.9. The van der Waals surface area contributed by atoms with Crippen LogP contribution in [-0.2, 0) is 9.53 Å². The van der Waals surface area contributed by atoms with Gasteiger partial charge in [-0.3, -0.25) is 0 Å². The van der Waals surface area contributed by atoms with Gasteiger partial charge in [-0.25, -0.2) is 4.79 Å². The van der Waals surface area contributed by atoms with Gasteiger partial charge >= 0.3 is 5.97 Å². The lowest BCUT2D eigenvalue weighted by Gasteiger charge is -2.30. The Labute approximate surface area is 81.5 Å². The van der Waals surface area contributed by atoms with Crippen LogP contribution in [0.4, 0.5) is 0 Å². The minimum absolute atomic E-state index is 0.128. The van der Waals surface area contributed by atoms with Crippen LogP contribution in [0, 0.1) is 11.8 Å². The van der Waals surface area contributed by atoms with Gasteiger partial charge in [0.05, 0.1) is 11.8 Å². The summed E-state index contributed by atoms with van der Waals surface area (Å²) in [5.41, 5.74) is 1.27. The fourth-order valence-corrected chi connectivity index (χ4v) is 2.18. The molecule has 0 spiro atoms. The van der Waals surface area contributed by atoms with Gasteiger partial charge in [0.1, 0.15) is 0 Å². The standard InChI is InChI=1S/C10H12O4/c1-5-2-3-6-7(9(11)12)4-14-10(13)8(5)6/h2,4,6,8,10,13H,3H2,1H3,(H,11,12). The summed E-state index contributed by atoms with van der Waals surface area (Å²) < 4.78 is 4.91. The summed E-state index contributed by atoms with van der Waals surface area (Å²) >= 11 is 0. The zero-order valence-electron chi connectivity index (χ0n) is 7.80. The fourth-order valence-electron chi connectivity index (χ4n) is 2.18. The Hall–Kier alpha value is -1.29. The van der Waals surface area contributed by atoms with E-state index in [9.17, 15) is 9.90 Å². The number of hydrogen-bond donors (Lipinski definition) is 2. The van der Waals surface area contributed by atoms with Crippen molar-refractivity contribution >= 4 is 5.97 Å². The second kappa shape index (κ2) is 3.13. The lowest BCUT2D eigenvalue weighted by atomic mass is 9.84. The summed E-state index contributed by atoms with van der Waals surface area (Å²) in [6.07, 6.45) is 2.90. The van der Waals surface area contributed by atoms with Crippen LogP contribution >= 0.6 is 0 Å². The molecule has 2 rings (SSSR count). The predicted molar refractivity (Wildman–Crippen MR) is 48.2 cm³/mol. The van der Waals surface area contributed by atoms with Gasteiger partial charge in [-0.1, -0.05) is 11.6 Å². The SMILES string of the molecule is CC1=CCC2C(C(=O)O)=COC(O)C12. The van der Waals surface area contributed by atoms with Crippen LogP contribution in [0.25, 0.3) is 0 Å². The smallest absolute Gasteiger partial charge is 0.335 e. The normalized spacial score (nSPS) is 35.4. The third kappa shape index (κ3) is 1.23. The van der Waals surface area contributed by atoms with Crippen molar-refractivity contribution in [2.45, 2.75) is 19.6 Å². The molecule has 0 aromatic heterocycles. The van der Waals surface area contributed by atoms with E-state index in [-0.39, 0.29) is 17.4 Å². The number of aliphatic carboxylic acids is 1. The first-order chi connectivity index (χ1) is 6.61. The van der Waals surface area contributed by atoms with E-state index in [0.29, 0.717) is 6.42 Å². The molecule has 0 bridgehead atoms. The number of carboxylic acid groups (broad SMARTS) is 1. The van der Waals surface area contributed by atoms with Crippen molar-refractivity contribution in [3.05, 3.63) is 23.5 Å². The molecule has 76 valence electrons. The van der Waals surface area contributed by atoms with Crippen LogP contribution in [0.1, 0.15) is 13.3 Å². The zero-order valence-corrected chi connectivity index (χ0v) is 7.80. The molecule has 1 aliphatic carbocycles. The van der Waals surface area contributed by atoms with Gasteiger partial charge in [0.2, 0.25) is 6.29 Å². The number of hydrogen-bond acceptors (Lipinski definition) is 3. The monoisotopic (exact) mass is 196 g/mol. The maximum Gasteiger partial charge on any atom is 0.335 e. The first-order valence-corrected chi connectivity index (χ1v) is 4.55. The second-order valence-electron chi connectivity index (χ2n) is 3.72. The van der Waals surface area contributed by atoms with Crippen LogP contribution in [0.5, 0.6) is 0 Å². The number of aliphatic hydroxyl groups excluding tert-OH is 1. The van der Waals surface area contributed by atoms with Gasteiger partial charge in [-0.15, -0.1) is 0 Å². The molecule has 3 atom stereocenters. The Morgan fingerprint density at radius 1 is 1.64 bits per heavy atom. The summed E-state index contributed by atoms with van der Waals surface area (Å²) in [5.74, 6) is -1.28. The summed E-state index contributed by atoms with van der Waals surface area (Å²) in [6, 6.07) is 0. The van der Waals surface area contributed by atoms with Crippen LogP contribution < -0.4 is 0 Å². The van der Waals surface area contributed by atoms with Crippen molar-refractivity contribution in [1.82, 2.24) is 0 Å².